The molecule has 0 unspecified atom stereocenters. The molecule has 21 heavy (non-hydrogen) atoms. The highest BCUT2D eigenvalue weighted by molar-refractivity contribution is 5.81. The van der Waals surface area contributed by atoms with Crippen LogP contribution in [0.2, 0.25) is 0 Å². The summed E-state index contributed by atoms with van der Waals surface area (Å²) in [5, 5.41) is 2.72. The molecule has 1 aromatic carbocycles. The molecule has 1 aromatic heterocycles. The van der Waals surface area contributed by atoms with Gasteiger partial charge >= 0.3 is 0 Å². The molecule has 0 aliphatic rings. The van der Waals surface area contributed by atoms with Gasteiger partial charge in [0.25, 0.3) is 0 Å². The molecule has 5 nitrogen and oxygen atoms in total. The number of benzene rings is 1. The monoisotopic (exact) mass is 289 g/mol. The Kier molecular flexibility index (Phi) is 4.96. The number of nitrogens with one attached hydrogen (secondary N) is 1. The first-order chi connectivity index (χ1) is 10.0. The number of para-hydroxylation sites is 2. The van der Waals surface area contributed by atoms with E-state index >= 15 is 0 Å². The Morgan fingerprint density at radius 1 is 1.38 bits per heavy atom. The summed E-state index contributed by atoms with van der Waals surface area (Å²) in [5.41, 5.74) is 1.70. The fraction of sp³-hybridized carbons (Fsp3) is 0.500. The van der Waals surface area contributed by atoms with Gasteiger partial charge in [0.05, 0.1) is 6.04 Å². The molecule has 2 aromatic rings. The second-order valence-electron chi connectivity index (χ2n) is 5.71. The maximum Gasteiger partial charge on any atom is 0.237 e. The van der Waals surface area contributed by atoms with E-state index in [-0.39, 0.29) is 11.9 Å². The van der Waals surface area contributed by atoms with Crippen LogP contribution in [0.25, 0.3) is 11.1 Å². The fourth-order valence-electron chi connectivity index (χ4n) is 2.49. The van der Waals surface area contributed by atoms with E-state index in [0.717, 1.165) is 29.8 Å². The van der Waals surface area contributed by atoms with E-state index in [2.05, 4.69) is 17.2 Å². The van der Waals surface area contributed by atoms with Crippen molar-refractivity contribution in [2.75, 3.05) is 21.1 Å². The van der Waals surface area contributed by atoms with E-state index < -0.39 is 0 Å². The largest absolute Gasteiger partial charge is 0.441 e. The summed E-state index contributed by atoms with van der Waals surface area (Å²) >= 11 is 0. The van der Waals surface area contributed by atoms with Crippen LogP contribution in [0.4, 0.5) is 0 Å². The van der Waals surface area contributed by atoms with Crippen molar-refractivity contribution in [1.29, 1.82) is 0 Å². The Balaban J connectivity index is 2.03. The van der Waals surface area contributed by atoms with Gasteiger partial charge in [-0.3, -0.25) is 9.69 Å². The molecule has 2 atom stereocenters. The Morgan fingerprint density at radius 2 is 2.10 bits per heavy atom. The number of likely N-dealkylation sites (N-methyl/N-ethyl adjacent to an activating group) is 2. The number of carbonyl (C=O) groups is 1. The van der Waals surface area contributed by atoms with Gasteiger partial charge in [-0.1, -0.05) is 19.1 Å². The number of rotatable bonds is 6. The standard InChI is InChI=1S/C16H23N3O2/c1-11(9-13(19(3)4)16(20)17-2)10-15-18-12-7-5-6-8-14(12)21-15/h5-8,11,13H,9-10H2,1-4H3,(H,17,20)/t11-,13+/m0/s1. The van der Waals surface area contributed by atoms with Gasteiger partial charge in [0, 0.05) is 13.5 Å². The zero-order valence-corrected chi connectivity index (χ0v) is 13.1. The summed E-state index contributed by atoms with van der Waals surface area (Å²) in [6, 6.07) is 7.62. The Morgan fingerprint density at radius 3 is 2.71 bits per heavy atom. The summed E-state index contributed by atoms with van der Waals surface area (Å²) in [6.07, 6.45) is 1.50. The molecule has 2 rings (SSSR count). The van der Waals surface area contributed by atoms with Crippen molar-refractivity contribution < 1.29 is 9.21 Å². The third-order valence-electron chi connectivity index (χ3n) is 3.66. The van der Waals surface area contributed by atoms with Crippen LogP contribution in [-0.4, -0.2) is 43.0 Å². The summed E-state index contributed by atoms with van der Waals surface area (Å²) in [5.74, 6) is 1.09. The van der Waals surface area contributed by atoms with Gasteiger partial charge in [-0.05, 0) is 38.6 Å². The van der Waals surface area contributed by atoms with E-state index in [4.69, 9.17) is 4.42 Å². The van der Waals surface area contributed by atoms with Crippen LogP contribution in [-0.2, 0) is 11.2 Å². The van der Waals surface area contributed by atoms with Gasteiger partial charge in [-0.2, -0.15) is 0 Å². The number of aromatic nitrogens is 1. The zero-order chi connectivity index (χ0) is 15.4. The lowest BCUT2D eigenvalue weighted by atomic mass is 9.97. The van der Waals surface area contributed by atoms with Gasteiger partial charge < -0.3 is 9.73 Å². The third kappa shape index (κ3) is 3.82. The van der Waals surface area contributed by atoms with Crippen LogP contribution in [0.5, 0.6) is 0 Å². The molecule has 1 heterocycles. The van der Waals surface area contributed by atoms with E-state index in [0.29, 0.717) is 5.92 Å². The van der Waals surface area contributed by atoms with Crippen LogP contribution in [0.3, 0.4) is 0 Å². The van der Waals surface area contributed by atoms with Gasteiger partial charge in [0.1, 0.15) is 5.52 Å². The molecule has 0 bridgehead atoms. The quantitative estimate of drug-likeness (QED) is 0.884. The van der Waals surface area contributed by atoms with Crippen LogP contribution in [0, 0.1) is 5.92 Å². The van der Waals surface area contributed by atoms with Crippen LogP contribution >= 0.6 is 0 Å². The van der Waals surface area contributed by atoms with Crippen molar-refractivity contribution in [3.05, 3.63) is 30.2 Å². The lowest BCUT2D eigenvalue weighted by Gasteiger charge is -2.25. The number of oxazole rings is 1. The Bertz CT molecular complexity index is 573. The molecule has 114 valence electrons. The lowest BCUT2D eigenvalue weighted by molar-refractivity contribution is -0.125. The highest BCUT2D eigenvalue weighted by Crippen LogP contribution is 2.20. The molecule has 0 saturated carbocycles. The highest BCUT2D eigenvalue weighted by Gasteiger charge is 2.23. The zero-order valence-electron chi connectivity index (χ0n) is 13.1. The maximum absolute atomic E-state index is 11.9. The molecule has 0 aliphatic carbocycles. The highest BCUT2D eigenvalue weighted by atomic mass is 16.3. The first-order valence-corrected chi connectivity index (χ1v) is 7.23. The minimum Gasteiger partial charge on any atom is -0.441 e. The molecular weight excluding hydrogens is 266 g/mol. The number of nitrogens with zero attached hydrogens (tertiary/aromatic N) is 2. The van der Waals surface area contributed by atoms with E-state index in [1.165, 1.54) is 0 Å². The van der Waals surface area contributed by atoms with Gasteiger partial charge in [-0.15, -0.1) is 0 Å². The predicted octanol–water partition coefficient (Wildman–Crippen LogP) is 2.07. The second-order valence-corrected chi connectivity index (χ2v) is 5.71. The van der Waals surface area contributed by atoms with Crippen LogP contribution < -0.4 is 5.32 Å². The Labute approximate surface area is 125 Å². The van der Waals surface area contributed by atoms with E-state index in [9.17, 15) is 4.79 Å². The van der Waals surface area contributed by atoms with Crippen LogP contribution in [0.1, 0.15) is 19.2 Å². The van der Waals surface area contributed by atoms with E-state index in [1.807, 2.05) is 43.3 Å². The molecule has 1 amide bonds. The molecule has 0 spiro atoms. The average Bonchev–Trinajstić information content (AvgIpc) is 2.85. The van der Waals surface area contributed by atoms with Crippen molar-refractivity contribution in [2.24, 2.45) is 5.92 Å². The van der Waals surface area contributed by atoms with Gasteiger partial charge in [-0.25, -0.2) is 4.98 Å². The summed E-state index contributed by atoms with van der Waals surface area (Å²) in [4.78, 5) is 18.3. The van der Waals surface area contributed by atoms with Crippen molar-refractivity contribution in [3.63, 3.8) is 0 Å². The minimum atomic E-state index is -0.130. The lowest BCUT2D eigenvalue weighted by Crippen LogP contribution is -2.43. The van der Waals surface area contributed by atoms with E-state index in [1.54, 1.807) is 7.05 Å². The predicted molar refractivity (Wildman–Crippen MR) is 83.0 cm³/mol. The first-order valence-electron chi connectivity index (χ1n) is 7.23. The summed E-state index contributed by atoms with van der Waals surface area (Å²) in [6.45, 7) is 2.12. The Hall–Kier alpha value is -1.88. The molecule has 1 N–H and O–H groups in total. The maximum atomic E-state index is 11.9. The molecular formula is C16H23N3O2. The molecule has 0 saturated heterocycles. The second kappa shape index (κ2) is 6.72. The van der Waals surface area contributed by atoms with Crippen molar-refractivity contribution in [1.82, 2.24) is 15.2 Å². The minimum absolute atomic E-state index is 0.0458. The smallest absolute Gasteiger partial charge is 0.237 e. The van der Waals surface area contributed by atoms with Gasteiger partial charge in [0.2, 0.25) is 5.91 Å². The normalized spacial score (nSPS) is 14.3. The van der Waals surface area contributed by atoms with Crippen molar-refractivity contribution >= 4 is 17.0 Å². The molecule has 5 heteroatoms. The molecule has 0 fully saturated rings. The van der Waals surface area contributed by atoms with Gasteiger partial charge in [0.15, 0.2) is 11.5 Å². The first kappa shape index (κ1) is 15.5. The number of hydrogen-bond donors (Lipinski definition) is 1. The fourth-order valence-corrected chi connectivity index (χ4v) is 2.49. The number of carbonyl (C=O) groups excluding carboxylic acids is 1. The topological polar surface area (TPSA) is 58.4 Å². The van der Waals surface area contributed by atoms with Crippen molar-refractivity contribution in [2.45, 2.75) is 25.8 Å². The molecule has 0 aliphatic heterocycles. The summed E-state index contributed by atoms with van der Waals surface area (Å²) in [7, 11) is 5.52. The summed E-state index contributed by atoms with van der Waals surface area (Å²) < 4.78 is 5.74. The van der Waals surface area contributed by atoms with Crippen molar-refractivity contribution in [3.8, 4) is 0 Å². The number of hydrogen-bond acceptors (Lipinski definition) is 4. The number of amides is 1. The number of fused-ring (bicyclic) bond motifs is 1. The average molecular weight is 289 g/mol. The third-order valence-corrected chi connectivity index (χ3v) is 3.66. The molecule has 0 radical (unpaired) electrons. The SMILES string of the molecule is CNC(=O)[C@@H](C[C@H](C)Cc1nc2ccccc2o1)N(C)C. The van der Waals surface area contributed by atoms with Crippen LogP contribution in [0.15, 0.2) is 28.7 Å².